The Bertz CT molecular complexity index is 1620. The predicted octanol–water partition coefficient (Wildman–Crippen LogP) is 4.92. The molecule has 0 aliphatic heterocycles. The fourth-order valence-electron chi connectivity index (χ4n) is 3.70. The molecule has 13 heteroatoms. The number of para-hydroxylation sites is 1. The number of hydrogen-bond acceptors (Lipinski definition) is 7. The molecule has 0 bridgehead atoms. The molecule has 0 unspecified atom stereocenters. The van der Waals surface area contributed by atoms with Crippen molar-refractivity contribution >= 4 is 46.0 Å². The van der Waals surface area contributed by atoms with Gasteiger partial charge in [-0.1, -0.05) is 30.3 Å². The van der Waals surface area contributed by atoms with Crippen molar-refractivity contribution in [2.45, 2.75) is 12.6 Å². The summed E-state index contributed by atoms with van der Waals surface area (Å²) >= 11 is 0. The number of carbonyl (C=O) groups excluding carboxylic acids is 3. The molecule has 0 aliphatic carbocycles. The van der Waals surface area contributed by atoms with Crippen LogP contribution >= 0.6 is 0 Å². The minimum atomic E-state index is -5.08. The normalized spacial score (nSPS) is 10.7. The molecule has 2 amide bonds. The lowest BCUT2D eigenvalue weighted by atomic mass is 10.1. The number of likely N-dealkylation sites (N-methyl/N-ethyl adjacent to an activating group) is 1. The smallest absolute Gasteiger partial charge is 0.475 e. The average Bonchev–Trinajstić information content (AvgIpc) is 2.99. The molecule has 0 aliphatic rings. The topological polar surface area (TPSA) is 147 Å². The van der Waals surface area contributed by atoms with Crippen molar-refractivity contribution in [1.82, 2.24) is 10.3 Å². The molecule has 4 aromatic rings. The molecule has 0 fully saturated rings. The lowest BCUT2D eigenvalue weighted by Gasteiger charge is -2.13. The number of amides is 2. The number of aliphatic carboxylic acids is 1. The summed E-state index contributed by atoms with van der Waals surface area (Å²) < 4.78 is 36.5. The molecule has 0 saturated heterocycles. The van der Waals surface area contributed by atoms with Gasteiger partial charge >= 0.3 is 18.1 Å². The zero-order valence-corrected chi connectivity index (χ0v) is 23.0. The Morgan fingerprint density at radius 2 is 1.56 bits per heavy atom. The number of benzene rings is 3. The van der Waals surface area contributed by atoms with Gasteiger partial charge in [-0.3, -0.25) is 14.6 Å². The van der Waals surface area contributed by atoms with E-state index in [1.807, 2.05) is 55.6 Å². The first kappa shape index (κ1) is 32.2. The van der Waals surface area contributed by atoms with Gasteiger partial charge in [-0.15, -0.1) is 0 Å². The van der Waals surface area contributed by atoms with Gasteiger partial charge < -0.3 is 25.8 Å². The van der Waals surface area contributed by atoms with Crippen molar-refractivity contribution in [3.05, 3.63) is 101 Å². The molecule has 0 saturated carbocycles. The Morgan fingerprint density at radius 1 is 0.884 bits per heavy atom. The fraction of sp³-hybridized carbons (Fsp3) is 0.167. The number of hydrogen-bond donors (Lipinski definition) is 4. The zero-order chi connectivity index (χ0) is 31.6. The number of esters is 1. The standard InChI is InChI=1S/C28H26N4O4.C2HF3O2/c1-29-14-13-18-7-10-22(11-8-18)31-27(34)23-12-9-20(28(35)36-2)16-25(23)32-26(33)21-15-19-5-3-4-6-24(19)30-17-21;3-2(4,5)1(6)7/h3-12,15-17,29H,13-14H2,1-2H3,(H,31,34)(H,32,33);(H,6,7). The maximum absolute atomic E-state index is 13.1. The molecular weight excluding hydrogens is 569 g/mol. The first-order valence-corrected chi connectivity index (χ1v) is 12.7. The van der Waals surface area contributed by atoms with Crippen LogP contribution in [0, 0.1) is 0 Å². The van der Waals surface area contributed by atoms with Crippen molar-refractivity contribution in [2.24, 2.45) is 0 Å². The van der Waals surface area contributed by atoms with Crippen LogP contribution in [0.2, 0.25) is 0 Å². The van der Waals surface area contributed by atoms with Crippen molar-refractivity contribution in [2.75, 3.05) is 31.3 Å². The molecule has 0 radical (unpaired) electrons. The minimum Gasteiger partial charge on any atom is -0.475 e. The summed E-state index contributed by atoms with van der Waals surface area (Å²) in [5.41, 5.74) is 3.42. The van der Waals surface area contributed by atoms with Crippen LogP contribution in [0.4, 0.5) is 24.5 Å². The van der Waals surface area contributed by atoms with E-state index in [9.17, 15) is 27.6 Å². The summed E-state index contributed by atoms with van der Waals surface area (Å²) in [5, 5.41) is 16.6. The fourth-order valence-corrected chi connectivity index (χ4v) is 3.70. The lowest BCUT2D eigenvalue weighted by Crippen LogP contribution is -2.21. The van der Waals surface area contributed by atoms with Crippen LogP contribution < -0.4 is 16.0 Å². The largest absolute Gasteiger partial charge is 0.490 e. The monoisotopic (exact) mass is 596 g/mol. The van der Waals surface area contributed by atoms with E-state index in [1.54, 1.807) is 6.07 Å². The number of nitrogens with zero attached hydrogens (tertiary/aromatic N) is 1. The zero-order valence-electron chi connectivity index (χ0n) is 23.0. The van der Waals surface area contributed by atoms with Gasteiger partial charge in [-0.05, 0) is 68.0 Å². The minimum absolute atomic E-state index is 0.180. The molecule has 43 heavy (non-hydrogen) atoms. The van der Waals surface area contributed by atoms with E-state index in [0.717, 1.165) is 29.4 Å². The van der Waals surface area contributed by atoms with Gasteiger partial charge in [0.05, 0.1) is 35.0 Å². The molecule has 0 atom stereocenters. The third-order valence-corrected chi connectivity index (χ3v) is 5.90. The van der Waals surface area contributed by atoms with E-state index in [4.69, 9.17) is 14.6 Å². The molecule has 1 heterocycles. The molecule has 1 aromatic heterocycles. The van der Waals surface area contributed by atoms with Crippen molar-refractivity contribution in [3.63, 3.8) is 0 Å². The van der Waals surface area contributed by atoms with Crippen LogP contribution in [-0.2, 0) is 16.0 Å². The molecule has 224 valence electrons. The summed E-state index contributed by atoms with van der Waals surface area (Å²) in [6.45, 7) is 0.855. The first-order valence-electron chi connectivity index (χ1n) is 12.7. The Labute approximate surface area is 243 Å². The van der Waals surface area contributed by atoms with Crippen molar-refractivity contribution in [1.29, 1.82) is 0 Å². The Morgan fingerprint density at radius 3 is 2.19 bits per heavy atom. The highest BCUT2D eigenvalue weighted by molar-refractivity contribution is 6.13. The third-order valence-electron chi connectivity index (χ3n) is 5.90. The van der Waals surface area contributed by atoms with Crippen LogP contribution in [0.5, 0.6) is 0 Å². The van der Waals surface area contributed by atoms with Gasteiger partial charge in [0, 0.05) is 17.3 Å². The number of methoxy groups -OCH3 is 1. The van der Waals surface area contributed by atoms with Crippen LogP contribution in [0.1, 0.15) is 36.6 Å². The molecule has 0 spiro atoms. The number of carboxylic acids is 1. The Kier molecular flexibility index (Phi) is 10.9. The first-order chi connectivity index (χ1) is 20.4. The van der Waals surface area contributed by atoms with Gasteiger partial charge in [0.15, 0.2) is 0 Å². The number of halogens is 3. The highest BCUT2D eigenvalue weighted by Crippen LogP contribution is 2.23. The summed E-state index contributed by atoms with van der Waals surface area (Å²) in [4.78, 5) is 51.5. The van der Waals surface area contributed by atoms with Crippen molar-refractivity contribution in [3.8, 4) is 0 Å². The molecular formula is C30H27F3N4O6. The van der Waals surface area contributed by atoms with Gasteiger partial charge in [0.2, 0.25) is 0 Å². The van der Waals surface area contributed by atoms with Crippen molar-refractivity contribution < 1.29 is 42.2 Å². The number of carbonyl (C=O) groups is 4. The Balaban J connectivity index is 0.000000646. The number of alkyl halides is 3. The molecule has 4 rings (SSSR count). The van der Waals surface area contributed by atoms with Gasteiger partial charge in [0.1, 0.15) is 0 Å². The molecule has 3 aromatic carbocycles. The molecule has 10 nitrogen and oxygen atoms in total. The summed E-state index contributed by atoms with van der Waals surface area (Å²) in [6.07, 6.45) is -2.74. The third kappa shape index (κ3) is 9.10. The van der Waals surface area contributed by atoms with E-state index in [0.29, 0.717) is 11.3 Å². The number of carboxylic acid groups (broad SMARTS) is 1. The van der Waals surface area contributed by atoms with E-state index in [-0.39, 0.29) is 16.8 Å². The van der Waals surface area contributed by atoms with Crippen LogP contribution in [0.3, 0.4) is 0 Å². The maximum Gasteiger partial charge on any atom is 0.490 e. The second-order valence-corrected chi connectivity index (χ2v) is 8.93. The van der Waals surface area contributed by atoms with Crippen LogP contribution in [-0.4, -0.2) is 60.7 Å². The number of ether oxygens (including phenoxy) is 1. The predicted molar refractivity (Wildman–Crippen MR) is 153 cm³/mol. The second kappa shape index (κ2) is 14.5. The number of rotatable bonds is 8. The van der Waals surface area contributed by atoms with E-state index >= 15 is 0 Å². The quantitative estimate of drug-likeness (QED) is 0.210. The van der Waals surface area contributed by atoms with E-state index in [2.05, 4.69) is 20.9 Å². The SMILES string of the molecule is CNCCc1ccc(NC(=O)c2ccc(C(=O)OC)cc2NC(=O)c2cnc3ccccc3c2)cc1.O=C(O)C(F)(F)F. The van der Waals surface area contributed by atoms with Crippen LogP contribution in [0.15, 0.2) is 79.0 Å². The van der Waals surface area contributed by atoms with Gasteiger partial charge in [-0.25, -0.2) is 9.59 Å². The number of aromatic nitrogens is 1. The number of nitrogens with one attached hydrogen (secondary N) is 3. The molecule has 4 N–H and O–H groups in total. The van der Waals surface area contributed by atoms with E-state index in [1.165, 1.54) is 31.5 Å². The van der Waals surface area contributed by atoms with Crippen LogP contribution in [0.25, 0.3) is 10.9 Å². The second-order valence-electron chi connectivity index (χ2n) is 8.93. The van der Waals surface area contributed by atoms with E-state index < -0.39 is 29.9 Å². The number of fused-ring (bicyclic) bond motifs is 1. The maximum atomic E-state index is 13.1. The highest BCUT2D eigenvalue weighted by Gasteiger charge is 2.38. The lowest BCUT2D eigenvalue weighted by molar-refractivity contribution is -0.192. The number of pyridine rings is 1. The average molecular weight is 597 g/mol. The highest BCUT2D eigenvalue weighted by atomic mass is 19.4. The van der Waals surface area contributed by atoms with Gasteiger partial charge in [0.25, 0.3) is 11.8 Å². The van der Waals surface area contributed by atoms with Gasteiger partial charge in [-0.2, -0.15) is 13.2 Å². The summed E-state index contributed by atoms with van der Waals surface area (Å²) in [5.74, 6) is -4.23. The number of anilines is 2. The Hall–Kier alpha value is -5.30. The summed E-state index contributed by atoms with van der Waals surface area (Å²) in [6, 6.07) is 21.1. The summed E-state index contributed by atoms with van der Waals surface area (Å²) in [7, 11) is 3.16.